The molecule has 1 atom stereocenters. The van der Waals surface area contributed by atoms with Crippen LogP contribution in [0.15, 0.2) is 66.8 Å². The fourth-order valence-electron chi connectivity index (χ4n) is 3.18. The number of rotatable bonds is 11. The molecule has 15 nitrogen and oxygen atoms in total. The van der Waals surface area contributed by atoms with Crippen LogP contribution in [0, 0.1) is 0 Å². The summed E-state index contributed by atoms with van der Waals surface area (Å²) in [6.45, 7) is 5.88. The molecule has 0 aromatic heterocycles. The smallest absolute Gasteiger partial charge is 0.328 e. The molecule has 1 aliphatic rings. The van der Waals surface area contributed by atoms with Gasteiger partial charge in [0.1, 0.15) is 0 Å². The minimum absolute atomic E-state index is 0.558. The van der Waals surface area contributed by atoms with E-state index in [1.165, 1.54) is 38.2 Å². The SMILES string of the molecule is CN(C)CCC(c1ccccc1)N1CCN(C)CC1.O=C(O)/C=C/C(=O)O.O=C(O)/C=C/C(=O)O.O=C(O)/C=C/C(=O)O. The van der Waals surface area contributed by atoms with Crippen molar-refractivity contribution in [2.24, 2.45) is 0 Å². The van der Waals surface area contributed by atoms with Gasteiger partial charge in [-0.25, -0.2) is 28.8 Å². The summed E-state index contributed by atoms with van der Waals surface area (Å²) in [4.78, 5) is 64.7. The molecule has 1 unspecified atom stereocenters. The van der Waals surface area contributed by atoms with E-state index < -0.39 is 35.8 Å². The predicted octanol–water partition coefficient (Wildman–Crippen LogP) is 1.06. The van der Waals surface area contributed by atoms with Crippen LogP contribution in [0.3, 0.4) is 0 Å². The molecule has 0 spiro atoms. The second-order valence-electron chi connectivity index (χ2n) is 8.89. The minimum Gasteiger partial charge on any atom is -0.478 e. The minimum atomic E-state index is -1.26. The number of piperazine rings is 1. The lowest BCUT2D eigenvalue weighted by Crippen LogP contribution is -2.46. The van der Waals surface area contributed by atoms with Crippen LogP contribution < -0.4 is 0 Å². The first-order valence-corrected chi connectivity index (χ1v) is 12.6. The van der Waals surface area contributed by atoms with Gasteiger partial charge in [0.15, 0.2) is 0 Å². The maximum Gasteiger partial charge on any atom is 0.328 e. The molecule has 0 aliphatic carbocycles. The van der Waals surface area contributed by atoms with Crippen LogP contribution >= 0.6 is 0 Å². The van der Waals surface area contributed by atoms with Crippen molar-refractivity contribution >= 4 is 35.8 Å². The number of benzene rings is 1. The van der Waals surface area contributed by atoms with Crippen LogP contribution in [0.2, 0.25) is 0 Å². The Morgan fingerprint density at radius 3 is 1.26 bits per heavy atom. The Hall–Kier alpha value is -4.86. The lowest BCUT2D eigenvalue weighted by molar-refractivity contribution is -0.134. The van der Waals surface area contributed by atoms with Crippen molar-refractivity contribution < 1.29 is 59.4 Å². The molecule has 43 heavy (non-hydrogen) atoms. The van der Waals surface area contributed by atoms with Crippen LogP contribution in [0.25, 0.3) is 0 Å². The Morgan fingerprint density at radius 2 is 0.977 bits per heavy atom. The van der Waals surface area contributed by atoms with Gasteiger partial charge in [0.05, 0.1) is 0 Å². The Kier molecular flexibility index (Phi) is 22.3. The zero-order valence-electron chi connectivity index (χ0n) is 24.1. The van der Waals surface area contributed by atoms with Gasteiger partial charge in [0, 0.05) is 68.7 Å². The van der Waals surface area contributed by atoms with E-state index in [9.17, 15) is 28.8 Å². The summed E-state index contributed by atoms with van der Waals surface area (Å²) < 4.78 is 0. The van der Waals surface area contributed by atoms with Crippen LogP contribution in [0.1, 0.15) is 18.0 Å². The number of hydrogen-bond acceptors (Lipinski definition) is 9. The molecular formula is C28H39N3O12. The average molecular weight is 610 g/mol. The van der Waals surface area contributed by atoms with E-state index in [0.29, 0.717) is 42.5 Å². The van der Waals surface area contributed by atoms with Crippen molar-refractivity contribution in [3.63, 3.8) is 0 Å². The number of carboxylic acids is 6. The van der Waals surface area contributed by atoms with Crippen molar-refractivity contribution in [3.8, 4) is 0 Å². The van der Waals surface area contributed by atoms with Gasteiger partial charge in [-0.15, -0.1) is 0 Å². The molecule has 0 radical (unpaired) electrons. The zero-order valence-corrected chi connectivity index (χ0v) is 24.1. The Morgan fingerprint density at radius 1 is 0.651 bits per heavy atom. The summed E-state index contributed by atoms with van der Waals surface area (Å²) in [5.74, 6) is -7.54. The average Bonchev–Trinajstić information content (AvgIpc) is 2.92. The first-order valence-electron chi connectivity index (χ1n) is 12.6. The summed E-state index contributed by atoms with van der Waals surface area (Å²) >= 11 is 0. The van der Waals surface area contributed by atoms with Crippen LogP contribution in [0.4, 0.5) is 0 Å². The third kappa shape index (κ3) is 27.1. The van der Waals surface area contributed by atoms with Crippen molar-refractivity contribution in [1.82, 2.24) is 14.7 Å². The number of hydrogen-bond donors (Lipinski definition) is 6. The molecule has 238 valence electrons. The molecule has 0 amide bonds. The van der Waals surface area contributed by atoms with Gasteiger partial charge in [-0.1, -0.05) is 30.3 Å². The number of carbonyl (C=O) groups is 6. The fraction of sp³-hybridized carbons (Fsp3) is 0.357. The first kappa shape index (κ1) is 40.3. The van der Waals surface area contributed by atoms with E-state index in [2.05, 4.69) is 66.2 Å². The van der Waals surface area contributed by atoms with Crippen molar-refractivity contribution in [2.75, 3.05) is 53.9 Å². The third-order valence-corrected chi connectivity index (χ3v) is 5.12. The van der Waals surface area contributed by atoms with Gasteiger partial charge in [0.2, 0.25) is 0 Å². The fourth-order valence-corrected chi connectivity index (χ4v) is 3.18. The topological polar surface area (TPSA) is 234 Å². The normalized spacial score (nSPS) is 14.0. The highest BCUT2D eigenvalue weighted by Crippen LogP contribution is 2.25. The summed E-state index contributed by atoms with van der Waals surface area (Å²) in [6.07, 6.45) is 4.56. The predicted molar refractivity (Wildman–Crippen MR) is 155 cm³/mol. The van der Waals surface area contributed by atoms with E-state index in [1.807, 2.05) is 0 Å². The van der Waals surface area contributed by atoms with Gasteiger partial charge in [-0.2, -0.15) is 0 Å². The van der Waals surface area contributed by atoms with E-state index >= 15 is 0 Å². The molecular weight excluding hydrogens is 570 g/mol. The second kappa shape index (κ2) is 23.8. The van der Waals surface area contributed by atoms with Gasteiger partial charge < -0.3 is 40.4 Å². The highest BCUT2D eigenvalue weighted by atomic mass is 16.4. The third-order valence-electron chi connectivity index (χ3n) is 5.12. The lowest BCUT2D eigenvalue weighted by Gasteiger charge is -2.38. The summed E-state index contributed by atoms with van der Waals surface area (Å²) in [7, 11) is 6.53. The van der Waals surface area contributed by atoms with Gasteiger partial charge in [-0.3, -0.25) is 4.90 Å². The molecule has 0 saturated carbocycles. The van der Waals surface area contributed by atoms with Crippen molar-refractivity contribution in [3.05, 3.63) is 72.4 Å². The Bertz CT molecular complexity index is 980. The summed E-state index contributed by atoms with van der Waals surface area (Å²) in [5, 5.41) is 46.9. The summed E-state index contributed by atoms with van der Waals surface area (Å²) in [6, 6.07) is 11.5. The quantitative estimate of drug-likeness (QED) is 0.192. The molecule has 0 bridgehead atoms. The van der Waals surface area contributed by atoms with Crippen LogP contribution in [0.5, 0.6) is 0 Å². The molecule has 15 heteroatoms. The first-order chi connectivity index (χ1) is 20.0. The highest BCUT2D eigenvalue weighted by Gasteiger charge is 2.23. The number of carboxylic acid groups (broad SMARTS) is 6. The van der Waals surface area contributed by atoms with E-state index in [4.69, 9.17) is 30.6 Å². The van der Waals surface area contributed by atoms with E-state index in [-0.39, 0.29) is 0 Å². The largest absolute Gasteiger partial charge is 0.478 e. The van der Waals surface area contributed by atoms with Crippen LogP contribution in [-0.2, 0) is 28.8 Å². The highest BCUT2D eigenvalue weighted by molar-refractivity contribution is 5.90. The monoisotopic (exact) mass is 609 g/mol. The maximum absolute atomic E-state index is 9.55. The van der Waals surface area contributed by atoms with Gasteiger partial charge in [0.25, 0.3) is 0 Å². The molecule has 1 aromatic carbocycles. The van der Waals surface area contributed by atoms with Gasteiger partial charge >= 0.3 is 35.8 Å². The van der Waals surface area contributed by atoms with Crippen molar-refractivity contribution in [2.45, 2.75) is 12.5 Å². The maximum atomic E-state index is 9.55. The zero-order chi connectivity index (χ0) is 33.4. The van der Waals surface area contributed by atoms with Crippen LogP contribution in [-0.4, -0.2) is 135 Å². The standard InChI is InChI=1S/C16H27N3.3C4H4O4/c1-17(2)10-9-16(15-7-5-4-6-8-15)19-13-11-18(3)12-14-19;3*5-3(6)1-2-4(7)8/h4-8,16H,9-14H2,1-3H3;3*1-2H,(H,5,6)(H,7,8)/b;3*2-1+. The Labute approximate surface area is 248 Å². The van der Waals surface area contributed by atoms with E-state index in [0.717, 1.165) is 6.54 Å². The molecule has 1 saturated heterocycles. The molecule has 2 rings (SSSR count). The Balaban J connectivity index is 0. The number of aliphatic carboxylic acids is 6. The second-order valence-corrected chi connectivity index (χ2v) is 8.89. The lowest BCUT2D eigenvalue weighted by atomic mass is 10.0. The van der Waals surface area contributed by atoms with E-state index in [1.54, 1.807) is 0 Å². The molecule has 1 aliphatic heterocycles. The molecule has 1 heterocycles. The van der Waals surface area contributed by atoms with Crippen molar-refractivity contribution in [1.29, 1.82) is 0 Å². The molecule has 1 fully saturated rings. The van der Waals surface area contributed by atoms with Gasteiger partial charge in [-0.05, 0) is 39.7 Å². The molecule has 6 N–H and O–H groups in total. The number of likely N-dealkylation sites (N-methyl/N-ethyl adjacent to an activating group) is 1. The summed E-state index contributed by atoms with van der Waals surface area (Å²) in [5.41, 5.74) is 1.47. The molecule has 1 aromatic rings. The number of nitrogens with zero attached hydrogens (tertiary/aromatic N) is 3.